The van der Waals surface area contributed by atoms with Gasteiger partial charge in [0.25, 0.3) is 0 Å². The average molecular weight is 560 g/mol. The van der Waals surface area contributed by atoms with E-state index in [1.807, 2.05) is 14.4 Å². The molecule has 2 unspecified atom stereocenters. The van der Waals surface area contributed by atoms with Crippen LogP contribution in [-0.4, -0.2) is 65.5 Å². The van der Waals surface area contributed by atoms with Gasteiger partial charge in [0.05, 0.1) is 29.6 Å². The molecule has 1 aromatic carbocycles. The van der Waals surface area contributed by atoms with Crippen molar-refractivity contribution in [2.24, 2.45) is 5.92 Å². The number of fused-ring (bicyclic) bond motifs is 2. The minimum absolute atomic E-state index is 0.0113. The first-order valence-corrected chi connectivity index (χ1v) is 13.9. The Morgan fingerprint density at radius 1 is 1.07 bits per heavy atom. The summed E-state index contributed by atoms with van der Waals surface area (Å²) in [5.41, 5.74) is 0.325. The van der Waals surface area contributed by atoms with Crippen LogP contribution in [0.1, 0.15) is 49.0 Å². The van der Waals surface area contributed by atoms with Gasteiger partial charge in [-0.15, -0.1) is 0 Å². The standard InChI is InChI=1S/C31H30FN3O6/c1-17(36)34-11-3-4-19-14-33(16-24(19)34)29-23(32)13-21-28(31(29)41-2)35(20-7-8-20)15-22(30(21)40)25(37)9-5-18-6-10-26(38)27(39)12-18/h5-6,9-10,12-13,15,19-20,24H,3-4,7-8,11,14,16H2,1-2H3. The third-order valence-electron chi connectivity index (χ3n) is 8.50. The Morgan fingerprint density at radius 2 is 1.85 bits per heavy atom. The van der Waals surface area contributed by atoms with Crippen LogP contribution < -0.4 is 15.1 Å². The first-order chi connectivity index (χ1) is 19.7. The van der Waals surface area contributed by atoms with Gasteiger partial charge in [-0.25, -0.2) is 4.39 Å². The number of aromatic nitrogens is 1. The molecule has 0 spiro atoms. The van der Waals surface area contributed by atoms with Crippen LogP contribution >= 0.6 is 0 Å². The molecule has 2 aromatic rings. The van der Waals surface area contributed by atoms with E-state index < -0.39 is 28.6 Å². The van der Waals surface area contributed by atoms with Crippen LogP contribution in [0.3, 0.4) is 0 Å². The molecule has 10 heteroatoms. The van der Waals surface area contributed by atoms with Gasteiger partial charge < -0.3 is 19.1 Å². The number of nitrogens with zero attached hydrogens (tertiary/aromatic N) is 3. The van der Waals surface area contributed by atoms with E-state index >= 15 is 4.39 Å². The molecule has 2 saturated heterocycles. The zero-order valence-corrected chi connectivity index (χ0v) is 22.9. The molecular formula is C31H30FN3O6. The summed E-state index contributed by atoms with van der Waals surface area (Å²) in [6.45, 7) is 3.29. The van der Waals surface area contributed by atoms with Crippen molar-refractivity contribution in [3.8, 4) is 5.75 Å². The minimum Gasteiger partial charge on any atom is -0.492 e. The van der Waals surface area contributed by atoms with E-state index in [1.165, 1.54) is 37.6 Å². The highest BCUT2D eigenvalue weighted by molar-refractivity contribution is 6.46. The Balaban J connectivity index is 1.42. The summed E-state index contributed by atoms with van der Waals surface area (Å²) < 4.78 is 23.6. The van der Waals surface area contributed by atoms with Crippen LogP contribution in [0.2, 0.25) is 0 Å². The van der Waals surface area contributed by atoms with E-state index in [4.69, 9.17) is 4.74 Å². The van der Waals surface area contributed by atoms with Crippen LogP contribution in [0.5, 0.6) is 5.75 Å². The normalized spacial score (nSPS) is 22.5. The quantitative estimate of drug-likeness (QED) is 0.231. The first-order valence-electron chi connectivity index (χ1n) is 13.9. The second-order valence-corrected chi connectivity index (χ2v) is 11.1. The Labute approximate surface area is 235 Å². The predicted molar refractivity (Wildman–Crippen MR) is 150 cm³/mol. The maximum atomic E-state index is 15.9. The Morgan fingerprint density at radius 3 is 2.54 bits per heavy atom. The van der Waals surface area contributed by atoms with E-state index in [-0.39, 0.29) is 46.3 Å². The number of amides is 1. The molecular weight excluding hydrogens is 529 g/mol. The van der Waals surface area contributed by atoms with E-state index in [2.05, 4.69) is 0 Å². The van der Waals surface area contributed by atoms with Crippen molar-refractivity contribution in [2.75, 3.05) is 31.6 Å². The number of ether oxygens (including phenoxy) is 1. The van der Waals surface area contributed by atoms with Crippen molar-refractivity contribution < 1.29 is 28.3 Å². The summed E-state index contributed by atoms with van der Waals surface area (Å²) in [6, 6.07) is 1.21. The predicted octanol–water partition coefficient (Wildman–Crippen LogP) is 3.30. The molecule has 1 aromatic heterocycles. The molecule has 0 bridgehead atoms. The maximum Gasteiger partial charge on any atom is 0.226 e. The lowest BCUT2D eigenvalue weighted by molar-refractivity contribution is -0.132. The number of benzene rings is 1. The van der Waals surface area contributed by atoms with Crippen molar-refractivity contribution in [1.82, 2.24) is 9.47 Å². The molecule has 0 radical (unpaired) electrons. The van der Waals surface area contributed by atoms with Crippen LogP contribution in [0, 0.1) is 11.7 Å². The highest BCUT2D eigenvalue weighted by atomic mass is 19.1. The number of carbonyl (C=O) groups is 4. The number of hydrogen-bond donors (Lipinski definition) is 0. The number of rotatable bonds is 6. The lowest BCUT2D eigenvalue weighted by Crippen LogP contribution is -2.47. The SMILES string of the molecule is COc1c(N2CC3CCCN(C(C)=O)C3C2)c(F)cc2c(=O)c(C(=O)C=CC3=CC(=O)C(=O)C=C3)cn(C3CC3)c12. The third-order valence-corrected chi connectivity index (χ3v) is 8.50. The van der Waals surface area contributed by atoms with Gasteiger partial charge in [0.15, 0.2) is 17.3 Å². The van der Waals surface area contributed by atoms with Gasteiger partial charge in [-0.05, 0) is 61.5 Å². The molecule has 212 valence electrons. The van der Waals surface area contributed by atoms with Crippen LogP contribution in [0.25, 0.3) is 10.9 Å². The topological polar surface area (TPSA) is 106 Å². The summed E-state index contributed by atoms with van der Waals surface area (Å²) in [5.74, 6) is -2.08. The fourth-order valence-electron chi connectivity index (χ4n) is 6.39. The van der Waals surface area contributed by atoms with E-state index in [0.29, 0.717) is 30.7 Å². The van der Waals surface area contributed by atoms with Crippen LogP contribution in [0.4, 0.5) is 10.1 Å². The fourth-order valence-corrected chi connectivity index (χ4v) is 6.39. The minimum atomic E-state index is -0.689. The summed E-state index contributed by atoms with van der Waals surface area (Å²) >= 11 is 0. The van der Waals surface area contributed by atoms with Gasteiger partial charge in [-0.3, -0.25) is 24.0 Å². The van der Waals surface area contributed by atoms with E-state index in [0.717, 1.165) is 37.8 Å². The number of allylic oxidation sites excluding steroid dienone is 6. The second kappa shape index (κ2) is 10.2. The smallest absolute Gasteiger partial charge is 0.226 e. The number of methoxy groups -OCH3 is 1. The van der Waals surface area contributed by atoms with Gasteiger partial charge in [0.1, 0.15) is 5.69 Å². The van der Waals surface area contributed by atoms with E-state index in [9.17, 15) is 24.0 Å². The number of halogens is 1. The molecule has 6 rings (SSSR count). The van der Waals surface area contributed by atoms with Crippen molar-refractivity contribution >= 4 is 39.8 Å². The monoisotopic (exact) mass is 559 g/mol. The zero-order valence-electron chi connectivity index (χ0n) is 22.9. The molecule has 9 nitrogen and oxygen atoms in total. The number of pyridine rings is 1. The number of hydrogen-bond acceptors (Lipinski definition) is 7. The molecule has 3 heterocycles. The first kappa shape index (κ1) is 26.9. The summed E-state index contributed by atoms with van der Waals surface area (Å²) in [4.78, 5) is 65.9. The van der Waals surface area contributed by atoms with Crippen molar-refractivity contribution in [3.63, 3.8) is 0 Å². The molecule has 2 aliphatic carbocycles. The number of piperidine rings is 1. The van der Waals surface area contributed by atoms with Gasteiger partial charge in [0, 0.05) is 38.8 Å². The van der Waals surface area contributed by atoms with Crippen molar-refractivity contribution in [2.45, 2.75) is 44.7 Å². The average Bonchev–Trinajstić information content (AvgIpc) is 3.70. The highest BCUT2D eigenvalue weighted by Gasteiger charge is 2.42. The number of carbonyl (C=O) groups excluding carboxylic acids is 4. The Kier molecular flexibility index (Phi) is 6.71. The molecule has 1 amide bonds. The van der Waals surface area contributed by atoms with Crippen molar-refractivity contribution in [3.05, 3.63) is 69.8 Å². The summed E-state index contributed by atoms with van der Waals surface area (Å²) in [7, 11) is 1.45. The van der Waals surface area contributed by atoms with Gasteiger partial charge in [-0.1, -0.05) is 12.2 Å². The lowest BCUT2D eigenvalue weighted by Gasteiger charge is -2.36. The fraction of sp³-hybridized carbons (Fsp3) is 0.387. The third kappa shape index (κ3) is 4.71. The Hall–Kier alpha value is -4.34. The summed E-state index contributed by atoms with van der Waals surface area (Å²) in [5, 5.41) is 0.0498. The van der Waals surface area contributed by atoms with Gasteiger partial charge in [0.2, 0.25) is 22.9 Å². The molecule has 1 saturated carbocycles. The summed E-state index contributed by atoms with van der Waals surface area (Å²) in [6.07, 6.45) is 11.3. The van der Waals surface area contributed by atoms with Crippen molar-refractivity contribution in [1.29, 1.82) is 0 Å². The molecule has 4 aliphatic rings. The second-order valence-electron chi connectivity index (χ2n) is 11.1. The maximum absolute atomic E-state index is 15.9. The zero-order chi connectivity index (χ0) is 29.0. The number of ketones is 3. The number of anilines is 1. The molecule has 2 atom stereocenters. The van der Waals surface area contributed by atoms with Crippen LogP contribution in [-0.2, 0) is 14.4 Å². The van der Waals surface area contributed by atoms with Gasteiger partial charge in [-0.2, -0.15) is 0 Å². The molecule has 3 fully saturated rings. The van der Waals surface area contributed by atoms with Gasteiger partial charge >= 0.3 is 0 Å². The Bertz CT molecular complexity index is 1660. The molecule has 41 heavy (non-hydrogen) atoms. The molecule has 2 aliphatic heterocycles. The largest absolute Gasteiger partial charge is 0.492 e. The van der Waals surface area contributed by atoms with E-state index in [1.54, 1.807) is 6.92 Å². The lowest BCUT2D eigenvalue weighted by atomic mass is 9.92. The highest BCUT2D eigenvalue weighted by Crippen LogP contribution is 2.45. The number of likely N-dealkylation sites (tertiary alicyclic amines) is 1. The molecule has 0 N–H and O–H groups in total. The van der Waals surface area contributed by atoms with Crippen LogP contribution in [0.15, 0.2) is 53.0 Å².